The van der Waals surface area contributed by atoms with E-state index in [-0.39, 0.29) is 11.7 Å². The number of benzene rings is 1. The van der Waals surface area contributed by atoms with E-state index in [4.69, 9.17) is 16.9 Å². The summed E-state index contributed by atoms with van der Waals surface area (Å²) in [5.74, 6) is 3.17. The quantitative estimate of drug-likeness (QED) is 0.281. The number of nitrogens with one attached hydrogen (secondary N) is 1. The first kappa shape index (κ1) is 13.7. The smallest absolute Gasteiger partial charge is 0.184 e. The van der Waals surface area contributed by atoms with Gasteiger partial charge in [-0.1, -0.05) is 5.92 Å². The predicted octanol–water partition coefficient (Wildman–Crippen LogP) is 1.47. The summed E-state index contributed by atoms with van der Waals surface area (Å²) < 4.78 is 6.29. The summed E-state index contributed by atoms with van der Waals surface area (Å²) in [7, 11) is 0. The molecule has 3 N–H and O–H groups in total. The van der Waals surface area contributed by atoms with Crippen molar-refractivity contribution in [3.05, 3.63) is 27.3 Å². The monoisotopic (exact) mass is 359 g/mol. The molecule has 4 nitrogen and oxygen atoms in total. The maximum Gasteiger partial charge on any atom is 0.184 e. The zero-order valence-electron chi connectivity index (χ0n) is 8.81. The van der Waals surface area contributed by atoms with Gasteiger partial charge in [0.05, 0.1) is 9.78 Å². The maximum absolute atomic E-state index is 5.34. The zero-order chi connectivity index (χ0) is 12.7. The zero-order valence-corrected chi connectivity index (χ0v) is 11.8. The average molecular weight is 359 g/mol. The van der Waals surface area contributed by atoms with Gasteiger partial charge in [0.25, 0.3) is 0 Å². The molecule has 0 amide bonds. The lowest BCUT2D eigenvalue weighted by Gasteiger charge is -2.05. The molecular formula is C11H10IN3OS. The predicted molar refractivity (Wildman–Crippen MR) is 81.0 cm³/mol. The van der Waals surface area contributed by atoms with Crippen LogP contribution in [0.5, 0.6) is 5.75 Å². The fourth-order valence-corrected chi connectivity index (χ4v) is 1.75. The molecule has 0 bridgehead atoms. The van der Waals surface area contributed by atoms with Gasteiger partial charge in [-0.3, -0.25) is 5.43 Å². The Kier molecular flexibility index (Phi) is 5.72. The summed E-state index contributed by atoms with van der Waals surface area (Å²) in [4.78, 5) is 0. The minimum absolute atomic E-state index is 0.130. The van der Waals surface area contributed by atoms with Gasteiger partial charge in [-0.2, -0.15) is 5.10 Å². The lowest BCUT2D eigenvalue weighted by molar-refractivity contribution is 0.368. The average Bonchev–Trinajstić information content (AvgIpc) is 2.27. The SMILES string of the molecule is C#CCOc1ccc(C=NNC(N)=S)cc1I. The lowest BCUT2D eigenvalue weighted by atomic mass is 10.2. The molecule has 6 heteroatoms. The van der Waals surface area contributed by atoms with Crippen molar-refractivity contribution >= 4 is 46.1 Å². The lowest BCUT2D eigenvalue weighted by Crippen LogP contribution is -2.23. The molecular weight excluding hydrogens is 349 g/mol. The summed E-state index contributed by atoms with van der Waals surface area (Å²) in [5, 5.41) is 3.99. The molecule has 1 rings (SSSR count). The third kappa shape index (κ3) is 5.01. The second-order valence-electron chi connectivity index (χ2n) is 2.92. The molecule has 1 aromatic carbocycles. The molecule has 0 heterocycles. The summed E-state index contributed by atoms with van der Waals surface area (Å²) in [5.41, 5.74) is 8.62. The van der Waals surface area contributed by atoms with E-state index in [0.29, 0.717) is 0 Å². The van der Waals surface area contributed by atoms with E-state index in [1.807, 2.05) is 18.2 Å². The van der Waals surface area contributed by atoms with Gasteiger partial charge in [-0.15, -0.1) is 6.42 Å². The van der Waals surface area contributed by atoms with Crippen LogP contribution in [-0.4, -0.2) is 17.9 Å². The van der Waals surface area contributed by atoms with Crippen LogP contribution in [0.25, 0.3) is 0 Å². The fraction of sp³-hybridized carbons (Fsp3) is 0.0909. The van der Waals surface area contributed by atoms with Gasteiger partial charge in [-0.25, -0.2) is 0 Å². The number of hydrogen-bond donors (Lipinski definition) is 2. The van der Waals surface area contributed by atoms with Gasteiger partial charge < -0.3 is 10.5 Å². The van der Waals surface area contributed by atoms with E-state index < -0.39 is 0 Å². The first-order valence-electron chi connectivity index (χ1n) is 4.58. The Morgan fingerprint density at radius 2 is 2.47 bits per heavy atom. The molecule has 1 aromatic rings. The van der Waals surface area contributed by atoms with Gasteiger partial charge in [0.1, 0.15) is 12.4 Å². The molecule has 88 valence electrons. The Morgan fingerprint density at radius 1 is 1.71 bits per heavy atom. The Bertz CT molecular complexity index is 482. The minimum atomic E-state index is 0.130. The van der Waals surface area contributed by atoms with Crippen molar-refractivity contribution in [1.29, 1.82) is 0 Å². The number of rotatable bonds is 4. The number of nitrogens with two attached hydrogens (primary N) is 1. The van der Waals surface area contributed by atoms with Gasteiger partial charge in [0.2, 0.25) is 0 Å². The largest absolute Gasteiger partial charge is 0.480 e. The molecule has 0 saturated carbocycles. The van der Waals surface area contributed by atoms with Crippen molar-refractivity contribution in [2.24, 2.45) is 10.8 Å². The van der Waals surface area contributed by atoms with E-state index in [9.17, 15) is 0 Å². The van der Waals surface area contributed by atoms with Crippen LogP contribution in [-0.2, 0) is 0 Å². The van der Waals surface area contributed by atoms with Crippen molar-refractivity contribution < 1.29 is 4.74 Å². The first-order chi connectivity index (χ1) is 8.13. The van der Waals surface area contributed by atoms with Crippen LogP contribution in [0.2, 0.25) is 0 Å². The molecule has 0 aliphatic heterocycles. The number of ether oxygens (including phenoxy) is 1. The van der Waals surface area contributed by atoms with Crippen LogP contribution in [0.3, 0.4) is 0 Å². The molecule has 0 aliphatic rings. The third-order valence-corrected chi connectivity index (χ3v) is 2.59. The Balaban J connectivity index is 2.72. The van der Waals surface area contributed by atoms with E-state index in [1.54, 1.807) is 6.21 Å². The molecule has 0 saturated heterocycles. The van der Waals surface area contributed by atoms with E-state index in [0.717, 1.165) is 14.9 Å². The highest BCUT2D eigenvalue weighted by molar-refractivity contribution is 14.1. The number of hydrogen-bond acceptors (Lipinski definition) is 3. The molecule has 0 atom stereocenters. The van der Waals surface area contributed by atoms with Crippen molar-refractivity contribution in [3.8, 4) is 18.1 Å². The van der Waals surface area contributed by atoms with E-state index in [2.05, 4.69) is 51.3 Å². The van der Waals surface area contributed by atoms with Crippen LogP contribution in [0.4, 0.5) is 0 Å². The summed E-state index contributed by atoms with van der Waals surface area (Å²) in [6.07, 6.45) is 6.74. The molecule has 0 aromatic heterocycles. The molecule has 0 spiro atoms. The van der Waals surface area contributed by atoms with Crippen LogP contribution in [0.1, 0.15) is 5.56 Å². The van der Waals surface area contributed by atoms with Crippen molar-refractivity contribution in [1.82, 2.24) is 5.43 Å². The molecule has 0 unspecified atom stereocenters. The summed E-state index contributed by atoms with van der Waals surface area (Å²) >= 11 is 6.78. The van der Waals surface area contributed by atoms with Crippen LogP contribution in [0, 0.1) is 15.9 Å². The topological polar surface area (TPSA) is 59.6 Å². The summed E-state index contributed by atoms with van der Waals surface area (Å²) in [6, 6.07) is 5.61. The van der Waals surface area contributed by atoms with Crippen molar-refractivity contribution in [3.63, 3.8) is 0 Å². The number of hydrazone groups is 1. The van der Waals surface area contributed by atoms with Gasteiger partial charge in [0, 0.05) is 0 Å². The standard InChI is InChI=1S/C11H10IN3OS/c1-2-5-16-10-4-3-8(6-9(10)12)7-14-15-11(13)17/h1,3-4,6-7H,5H2,(H3,13,15,17). The van der Waals surface area contributed by atoms with Crippen LogP contribution < -0.4 is 15.9 Å². The van der Waals surface area contributed by atoms with Crippen LogP contribution >= 0.6 is 34.8 Å². The normalized spacial score (nSPS) is 9.88. The van der Waals surface area contributed by atoms with Gasteiger partial charge >= 0.3 is 0 Å². The first-order valence-corrected chi connectivity index (χ1v) is 6.06. The van der Waals surface area contributed by atoms with Crippen molar-refractivity contribution in [2.75, 3.05) is 6.61 Å². The number of thiocarbonyl (C=S) groups is 1. The highest BCUT2D eigenvalue weighted by Crippen LogP contribution is 2.21. The van der Waals surface area contributed by atoms with E-state index >= 15 is 0 Å². The summed E-state index contributed by atoms with van der Waals surface area (Å²) in [6.45, 7) is 0.256. The van der Waals surface area contributed by atoms with Crippen LogP contribution in [0.15, 0.2) is 23.3 Å². The molecule has 0 fully saturated rings. The van der Waals surface area contributed by atoms with Gasteiger partial charge in [-0.05, 0) is 58.6 Å². The molecule has 0 radical (unpaired) electrons. The number of nitrogens with zero attached hydrogens (tertiary/aromatic N) is 1. The van der Waals surface area contributed by atoms with Gasteiger partial charge in [0.15, 0.2) is 5.11 Å². The second kappa shape index (κ2) is 7.09. The second-order valence-corrected chi connectivity index (χ2v) is 4.52. The fourth-order valence-electron chi connectivity index (χ4n) is 1.00. The molecule has 17 heavy (non-hydrogen) atoms. The Hall–Kier alpha value is -1.33. The Labute approximate surface area is 119 Å². The number of terminal acetylenes is 1. The highest BCUT2D eigenvalue weighted by atomic mass is 127. The molecule has 0 aliphatic carbocycles. The third-order valence-electron chi connectivity index (χ3n) is 1.66. The van der Waals surface area contributed by atoms with Crippen molar-refractivity contribution in [2.45, 2.75) is 0 Å². The Morgan fingerprint density at radius 3 is 3.06 bits per heavy atom. The maximum atomic E-state index is 5.34. The minimum Gasteiger partial charge on any atom is -0.480 e. The number of halogens is 1. The van der Waals surface area contributed by atoms with E-state index in [1.165, 1.54) is 0 Å². The highest BCUT2D eigenvalue weighted by Gasteiger charge is 2.00.